The highest BCUT2D eigenvalue weighted by atomic mass is 35.5. The summed E-state index contributed by atoms with van der Waals surface area (Å²) in [5.41, 5.74) is 2.06. The Hall–Kier alpha value is -0.970. The van der Waals surface area contributed by atoms with Gasteiger partial charge in [-0.25, -0.2) is 4.98 Å². The smallest absolute Gasteiger partial charge is 0.142 e. The highest BCUT2D eigenvalue weighted by molar-refractivity contribution is 7.15. The molecule has 0 unspecified atom stereocenters. The van der Waals surface area contributed by atoms with Gasteiger partial charge in [0.2, 0.25) is 0 Å². The minimum atomic E-state index is 0.653. The summed E-state index contributed by atoms with van der Waals surface area (Å²) in [6, 6.07) is 3.78. The Balaban J connectivity index is 2.15. The van der Waals surface area contributed by atoms with Gasteiger partial charge >= 0.3 is 0 Å². The van der Waals surface area contributed by atoms with Crippen LogP contribution in [-0.4, -0.2) is 16.5 Å². The third-order valence-electron chi connectivity index (χ3n) is 2.90. The molecule has 0 aliphatic heterocycles. The summed E-state index contributed by atoms with van der Waals surface area (Å²) in [5.74, 6) is 0.658. The Bertz CT molecular complexity index is 549. The number of aromatic nitrogens is 2. The summed E-state index contributed by atoms with van der Waals surface area (Å²) in [4.78, 5) is 10.3. The molecule has 0 saturated carbocycles. The summed E-state index contributed by atoms with van der Waals surface area (Å²) < 4.78 is 0. The van der Waals surface area contributed by atoms with Gasteiger partial charge in [-0.1, -0.05) is 32.4 Å². The van der Waals surface area contributed by atoms with Gasteiger partial charge in [-0.3, -0.25) is 4.98 Å². The molecule has 0 aliphatic rings. The Kier molecular flexibility index (Phi) is 5.52. The van der Waals surface area contributed by atoms with Gasteiger partial charge in [0.1, 0.15) is 5.01 Å². The maximum absolute atomic E-state index is 5.87. The zero-order chi connectivity index (χ0) is 14.5. The molecular weight excluding hydrogens is 290 g/mol. The largest absolute Gasteiger partial charge is 0.312 e. The molecule has 2 aromatic rings. The number of thiazole rings is 1. The normalized spacial score (nSPS) is 11.2. The van der Waals surface area contributed by atoms with Crippen molar-refractivity contribution < 1.29 is 0 Å². The third-order valence-corrected chi connectivity index (χ3v) is 4.24. The Morgan fingerprint density at radius 3 is 2.75 bits per heavy atom. The average molecular weight is 310 g/mol. The molecule has 2 heterocycles. The van der Waals surface area contributed by atoms with Crippen molar-refractivity contribution in [3.05, 3.63) is 33.9 Å². The first-order valence-corrected chi connectivity index (χ1v) is 8.10. The van der Waals surface area contributed by atoms with E-state index in [1.165, 1.54) is 4.88 Å². The fraction of sp³-hybridized carbons (Fsp3) is 0.467. The number of hydrogen-bond acceptors (Lipinski definition) is 4. The zero-order valence-corrected chi connectivity index (χ0v) is 13.7. The van der Waals surface area contributed by atoms with Crippen LogP contribution in [0.5, 0.6) is 0 Å². The minimum absolute atomic E-state index is 0.653. The summed E-state index contributed by atoms with van der Waals surface area (Å²) >= 11 is 7.59. The molecule has 0 atom stereocenters. The molecule has 2 aromatic heterocycles. The maximum atomic E-state index is 5.87. The molecule has 0 aromatic carbocycles. The van der Waals surface area contributed by atoms with Gasteiger partial charge in [0.05, 0.1) is 16.4 Å². The number of rotatable bonds is 6. The van der Waals surface area contributed by atoms with Crippen LogP contribution in [-0.2, 0) is 13.0 Å². The van der Waals surface area contributed by atoms with Crippen molar-refractivity contribution >= 4 is 22.9 Å². The van der Waals surface area contributed by atoms with Gasteiger partial charge in [-0.05, 0) is 31.0 Å². The molecule has 5 heteroatoms. The number of nitrogens with one attached hydrogen (secondary N) is 1. The van der Waals surface area contributed by atoms with Gasteiger partial charge in [0.15, 0.2) is 0 Å². The van der Waals surface area contributed by atoms with E-state index in [4.69, 9.17) is 16.6 Å². The molecule has 0 spiro atoms. The van der Waals surface area contributed by atoms with Gasteiger partial charge in [-0.15, -0.1) is 11.3 Å². The lowest BCUT2D eigenvalue weighted by atomic mass is 10.2. The van der Waals surface area contributed by atoms with E-state index < -0.39 is 0 Å². The van der Waals surface area contributed by atoms with Gasteiger partial charge in [-0.2, -0.15) is 0 Å². The predicted octanol–water partition coefficient (Wildman–Crippen LogP) is 4.17. The van der Waals surface area contributed by atoms with Crippen LogP contribution < -0.4 is 5.32 Å². The lowest BCUT2D eigenvalue weighted by molar-refractivity contribution is 0.553. The van der Waals surface area contributed by atoms with Crippen LogP contribution in [0, 0.1) is 5.92 Å². The lowest BCUT2D eigenvalue weighted by Crippen LogP contribution is -2.18. The van der Waals surface area contributed by atoms with E-state index in [1.807, 2.05) is 12.1 Å². The molecule has 0 radical (unpaired) electrons. The quantitative estimate of drug-likeness (QED) is 0.870. The molecule has 20 heavy (non-hydrogen) atoms. The van der Waals surface area contributed by atoms with E-state index in [0.29, 0.717) is 10.9 Å². The predicted molar refractivity (Wildman–Crippen MR) is 86.3 cm³/mol. The Morgan fingerprint density at radius 1 is 1.35 bits per heavy atom. The van der Waals surface area contributed by atoms with Gasteiger partial charge in [0.25, 0.3) is 0 Å². The molecule has 0 fully saturated rings. The number of nitrogens with zero attached hydrogens (tertiary/aromatic N) is 2. The molecule has 0 amide bonds. The first-order chi connectivity index (χ1) is 9.60. The summed E-state index contributed by atoms with van der Waals surface area (Å²) in [5, 5.41) is 5.10. The van der Waals surface area contributed by atoms with E-state index in [-0.39, 0.29) is 0 Å². The van der Waals surface area contributed by atoms with Crippen molar-refractivity contribution in [2.24, 2.45) is 5.92 Å². The second kappa shape index (κ2) is 7.16. The topological polar surface area (TPSA) is 37.8 Å². The summed E-state index contributed by atoms with van der Waals surface area (Å²) in [6.07, 6.45) is 2.61. The van der Waals surface area contributed by atoms with Gasteiger partial charge in [0, 0.05) is 17.6 Å². The van der Waals surface area contributed by atoms with E-state index in [1.54, 1.807) is 17.5 Å². The summed E-state index contributed by atoms with van der Waals surface area (Å²) in [7, 11) is 0. The lowest BCUT2D eigenvalue weighted by Gasteiger charge is -2.06. The van der Waals surface area contributed by atoms with Crippen molar-refractivity contribution in [3.8, 4) is 10.7 Å². The minimum Gasteiger partial charge on any atom is -0.312 e. The van der Waals surface area contributed by atoms with Crippen LogP contribution in [0.25, 0.3) is 10.7 Å². The van der Waals surface area contributed by atoms with Crippen molar-refractivity contribution in [2.45, 2.75) is 33.7 Å². The fourth-order valence-electron chi connectivity index (χ4n) is 1.88. The van der Waals surface area contributed by atoms with E-state index in [9.17, 15) is 0 Å². The average Bonchev–Trinajstić information content (AvgIpc) is 2.82. The van der Waals surface area contributed by atoms with Crippen LogP contribution >= 0.6 is 22.9 Å². The van der Waals surface area contributed by atoms with Crippen molar-refractivity contribution in [1.29, 1.82) is 0 Å². The molecule has 0 saturated heterocycles. The molecule has 0 aliphatic carbocycles. The van der Waals surface area contributed by atoms with E-state index in [2.05, 4.69) is 31.1 Å². The van der Waals surface area contributed by atoms with Crippen LogP contribution in [0.3, 0.4) is 0 Å². The zero-order valence-electron chi connectivity index (χ0n) is 12.1. The maximum Gasteiger partial charge on any atom is 0.142 e. The highest BCUT2D eigenvalue weighted by Crippen LogP contribution is 2.27. The van der Waals surface area contributed by atoms with E-state index >= 15 is 0 Å². The van der Waals surface area contributed by atoms with Crippen LogP contribution in [0.4, 0.5) is 0 Å². The van der Waals surface area contributed by atoms with Crippen LogP contribution in [0.1, 0.15) is 31.3 Å². The second-order valence-electron chi connectivity index (χ2n) is 5.13. The standard InChI is InChI=1S/C15H20ClN3S/c1-4-12-14(9-17-7-10(2)3)20-15(19-12)13-6-5-11(16)8-18-13/h5-6,8,10,17H,4,7,9H2,1-3H3. The first kappa shape index (κ1) is 15.4. The summed E-state index contributed by atoms with van der Waals surface area (Å²) in [6.45, 7) is 8.47. The monoisotopic (exact) mass is 309 g/mol. The van der Waals surface area contributed by atoms with Crippen molar-refractivity contribution in [3.63, 3.8) is 0 Å². The van der Waals surface area contributed by atoms with Gasteiger partial charge < -0.3 is 5.32 Å². The highest BCUT2D eigenvalue weighted by Gasteiger charge is 2.12. The third kappa shape index (κ3) is 4.01. The Labute approximate surface area is 129 Å². The molecule has 1 N–H and O–H groups in total. The number of hydrogen-bond donors (Lipinski definition) is 1. The molecule has 0 bridgehead atoms. The van der Waals surface area contributed by atoms with Crippen LogP contribution in [0.15, 0.2) is 18.3 Å². The number of aryl methyl sites for hydroxylation is 1. The van der Waals surface area contributed by atoms with Crippen molar-refractivity contribution in [2.75, 3.05) is 6.54 Å². The molecule has 2 rings (SSSR count). The fourth-order valence-corrected chi connectivity index (χ4v) is 3.09. The van der Waals surface area contributed by atoms with E-state index in [0.717, 1.165) is 35.9 Å². The molecule has 3 nitrogen and oxygen atoms in total. The number of halogens is 1. The molecular formula is C15H20ClN3S. The second-order valence-corrected chi connectivity index (χ2v) is 6.65. The Morgan fingerprint density at radius 2 is 2.15 bits per heavy atom. The van der Waals surface area contributed by atoms with Crippen LogP contribution in [0.2, 0.25) is 5.02 Å². The molecule has 108 valence electrons. The van der Waals surface area contributed by atoms with Crippen molar-refractivity contribution in [1.82, 2.24) is 15.3 Å². The first-order valence-electron chi connectivity index (χ1n) is 6.91. The SMILES string of the molecule is CCc1nc(-c2ccc(Cl)cn2)sc1CNCC(C)C. The number of pyridine rings is 1.